The van der Waals surface area contributed by atoms with Crippen LogP contribution in [0.2, 0.25) is 0 Å². The maximum Gasteiger partial charge on any atom is 0.274 e. The van der Waals surface area contributed by atoms with Gasteiger partial charge in [0.05, 0.1) is 6.61 Å². The number of rotatable bonds is 3. The highest BCUT2D eigenvalue weighted by molar-refractivity contribution is 7.87. The van der Waals surface area contributed by atoms with Crippen molar-refractivity contribution in [3.8, 4) is 0 Å². The van der Waals surface area contributed by atoms with Crippen molar-refractivity contribution < 1.29 is 12.6 Å². The molecule has 3 nitrogen and oxygen atoms in total. The molecule has 0 fully saturated rings. The summed E-state index contributed by atoms with van der Waals surface area (Å²) in [6, 6.07) is 0. The lowest BCUT2D eigenvalue weighted by Gasteiger charge is -2.19. The lowest BCUT2D eigenvalue weighted by Crippen LogP contribution is -2.25. The smallest absolute Gasteiger partial charge is 0.270 e. The van der Waals surface area contributed by atoms with Gasteiger partial charge in [0.15, 0.2) is 0 Å². The van der Waals surface area contributed by atoms with Crippen LogP contribution in [0.15, 0.2) is 22.8 Å². The van der Waals surface area contributed by atoms with Crippen molar-refractivity contribution in [1.82, 2.24) is 0 Å². The van der Waals surface area contributed by atoms with Crippen LogP contribution in [0.5, 0.6) is 0 Å². The zero-order valence-corrected chi connectivity index (χ0v) is 9.73. The fraction of sp³-hybridized carbons (Fsp3) is 0.556. The van der Waals surface area contributed by atoms with Gasteiger partial charge in [0.2, 0.25) is 0 Å². The molecule has 0 N–H and O–H groups in total. The quantitative estimate of drug-likeness (QED) is 0.706. The summed E-state index contributed by atoms with van der Waals surface area (Å²) in [7, 11) is -3.48. The van der Waals surface area contributed by atoms with Gasteiger partial charge in [-0.05, 0) is 26.3 Å². The Morgan fingerprint density at radius 1 is 1.64 bits per heavy atom. The zero-order valence-electron chi connectivity index (χ0n) is 8.16. The van der Waals surface area contributed by atoms with Crippen molar-refractivity contribution in [2.24, 2.45) is 0 Å². The summed E-state index contributed by atoms with van der Waals surface area (Å²) in [5.74, 6) is 0. The third-order valence-corrected chi connectivity index (χ3v) is 4.12. The zero-order chi connectivity index (χ0) is 10.8. The highest BCUT2D eigenvalue weighted by atomic mass is 35.5. The van der Waals surface area contributed by atoms with Crippen molar-refractivity contribution in [1.29, 1.82) is 0 Å². The van der Waals surface area contributed by atoms with Gasteiger partial charge in [-0.25, -0.2) is 0 Å². The maximum absolute atomic E-state index is 11.6. The second kappa shape index (κ2) is 4.47. The first-order valence-electron chi connectivity index (χ1n) is 4.39. The Morgan fingerprint density at radius 3 is 2.79 bits per heavy atom. The number of hydrogen-bond donors (Lipinski definition) is 0. The molecular formula is C9H13ClO3S. The van der Waals surface area contributed by atoms with Gasteiger partial charge >= 0.3 is 0 Å². The molecule has 1 unspecified atom stereocenters. The van der Waals surface area contributed by atoms with Gasteiger partial charge in [-0.15, -0.1) is 0 Å². The summed E-state index contributed by atoms with van der Waals surface area (Å²) in [5, 5.41) is 0.00963. The van der Waals surface area contributed by atoms with E-state index < -0.39 is 15.4 Å². The normalized spacial score (nSPS) is 22.9. The van der Waals surface area contributed by atoms with Gasteiger partial charge in [0, 0.05) is 5.03 Å². The van der Waals surface area contributed by atoms with Gasteiger partial charge in [-0.1, -0.05) is 23.3 Å². The minimum atomic E-state index is -3.48. The van der Waals surface area contributed by atoms with Crippen LogP contribution in [0.1, 0.15) is 20.3 Å². The van der Waals surface area contributed by atoms with E-state index in [1.54, 1.807) is 26.0 Å². The summed E-state index contributed by atoms with van der Waals surface area (Å²) >= 11 is 5.75. The van der Waals surface area contributed by atoms with Crippen molar-refractivity contribution in [3.63, 3.8) is 0 Å². The summed E-state index contributed by atoms with van der Waals surface area (Å²) in [6.07, 6.45) is 3.74. The van der Waals surface area contributed by atoms with E-state index in [0.29, 0.717) is 11.5 Å². The Balaban J connectivity index is 2.88. The van der Waals surface area contributed by atoms with Crippen LogP contribution in [0.25, 0.3) is 0 Å². The van der Waals surface area contributed by atoms with E-state index >= 15 is 0 Å². The SMILES string of the molecule is CCOS(=O)(=O)C1CC=C(Cl)C=C1C. The summed E-state index contributed by atoms with van der Waals surface area (Å²) in [6.45, 7) is 3.57. The first kappa shape index (κ1) is 11.8. The van der Waals surface area contributed by atoms with Gasteiger partial charge in [0.1, 0.15) is 5.25 Å². The molecule has 0 spiro atoms. The topological polar surface area (TPSA) is 43.4 Å². The van der Waals surface area contributed by atoms with Crippen molar-refractivity contribution in [3.05, 3.63) is 22.8 Å². The van der Waals surface area contributed by atoms with Crippen LogP contribution in [0.3, 0.4) is 0 Å². The van der Waals surface area contributed by atoms with Crippen LogP contribution in [-0.4, -0.2) is 20.3 Å². The molecule has 0 aliphatic heterocycles. The lowest BCUT2D eigenvalue weighted by molar-refractivity contribution is 0.333. The Kier molecular flexibility index (Phi) is 3.75. The molecule has 5 heteroatoms. The minimum Gasteiger partial charge on any atom is -0.270 e. The van der Waals surface area contributed by atoms with Crippen molar-refractivity contribution in [2.45, 2.75) is 25.5 Å². The second-order valence-electron chi connectivity index (χ2n) is 3.10. The molecule has 0 aromatic carbocycles. The minimum absolute atomic E-state index is 0.170. The van der Waals surface area contributed by atoms with Crippen molar-refractivity contribution >= 4 is 21.7 Å². The molecule has 14 heavy (non-hydrogen) atoms. The molecule has 0 aromatic heterocycles. The fourth-order valence-corrected chi connectivity index (χ4v) is 2.98. The molecule has 1 rings (SSSR count). The molecule has 1 aliphatic carbocycles. The molecule has 0 amide bonds. The summed E-state index contributed by atoms with van der Waals surface area (Å²) in [4.78, 5) is 0. The maximum atomic E-state index is 11.6. The predicted molar refractivity (Wildman–Crippen MR) is 56.6 cm³/mol. The van der Waals surface area contributed by atoms with Gasteiger partial charge in [0.25, 0.3) is 10.1 Å². The van der Waals surface area contributed by atoms with Gasteiger partial charge in [-0.2, -0.15) is 8.42 Å². The molecule has 0 saturated heterocycles. The predicted octanol–water partition coefficient (Wildman–Crippen LogP) is 2.19. The van der Waals surface area contributed by atoms with E-state index in [2.05, 4.69) is 0 Å². The Labute approximate surface area is 89.5 Å². The molecule has 0 heterocycles. The molecule has 80 valence electrons. The molecule has 1 atom stereocenters. The van der Waals surface area contributed by atoms with E-state index in [-0.39, 0.29) is 6.61 Å². The average molecular weight is 237 g/mol. The van der Waals surface area contributed by atoms with Gasteiger partial charge < -0.3 is 0 Å². The average Bonchev–Trinajstić information content (AvgIpc) is 2.02. The van der Waals surface area contributed by atoms with Gasteiger partial charge in [-0.3, -0.25) is 4.18 Å². The highest BCUT2D eigenvalue weighted by Crippen LogP contribution is 2.26. The largest absolute Gasteiger partial charge is 0.274 e. The first-order chi connectivity index (χ1) is 6.47. The van der Waals surface area contributed by atoms with E-state index in [9.17, 15) is 8.42 Å². The van der Waals surface area contributed by atoms with Crippen LogP contribution < -0.4 is 0 Å². The summed E-state index contributed by atoms with van der Waals surface area (Å²) in [5.41, 5.74) is 0.728. The van der Waals surface area contributed by atoms with E-state index in [1.165, 1.54) is 0 Å². The monoisotopic (exact) mass is 236 g/mol. The fourth-order valence-electron chi connectivity index (χ4n) is 1.37. The Morgan fingerprint density at radius 2 is 2.29 bits per heavy atom. The number of allylic oxidation sites excluding steroid dienone is 3. The van der Waals surface area contributed by atoms with Crippen LogP contribution in [0.4, 0.5) is 0 Å². The standard InChI is InChI=1S/C9H13ClO3S/c1-3-13-14(11,12)9-5-4-8(10)6-7(9)2/h4,6,9H,3,5H2,1-2H3. The van der Waals surface area contributed by atoms with Crippen LogP contribution >= 0.6 is 11.6 Å². The third kappa shape index (κ3) is 2.59. The van der Waals surface area contributed by atoms with E-state index in [0.717, 1.165) is 5.57 Å². The Hall–Kier alpha value is -0.320. The molecule has 0 bridgehead atoms. The lowest BCUT2D eigenvalue weighted by atomic mass is 10.1. The highest BCUT2D eigenvalue weighted by Gasteiger charge is 2.28. The summed E-state index contributed by atoms with van der Waals surface area (Å²) < 4.78 is 27.9. The molecule has 0 saturated carbocycles. The van der Waals surface area contributed by atoms with Crippen LogP contribution in [0, 0.1) is 0 Å². The molecule has 0 aromatic rings. The number of halogens is 1. The first-order valence-corrected chi connectivity index (χ1v) is 6.24. The third-order valence-electron chi connectivity index (χ3n) is 2.03. The number of hydrogen-bond acceptors (Lipinski definition) is 3. The van der Waals surface area contributed by atoms with Crippen LogP contribution in [-0.2, 0) is 14.3 Å². The van der Waals surface area contributed by atoms with Crippen molar-refractivity contribution in [2.75, 3.05) is 6.61 Å². The molecule has 1 aliphatic rings. The van der Waals surface area contributed by atoms with E-state index in [4.69, 9.17) is 15.8 Å². The molecule has 0 radical (unpaired) electrons. The molecular weight excluding hydrogens is 224 g/mol. The Bertz CT molecular complexity index is 368. The second-order valence-corrected chi connectivity index (χ2v) is 5.33. The van der Waals surface area contributed by atoms with E-state index in [1.807, 2.05) is 0 Å².